The van der Waals surface area contributed by atoms with E-state index in [9.17, 15) is 0 Å². The molecule has 0 aliphatic heterocycles. The number of allylic oxidation sites excluding steroid dienone is 1. The number of rotatable bonds is 6. The molecule has 3 rings (SSSR count). The van der Waals surface area contributed by atoms with Crippen molar-refractivity contribution in [3.8, 4) is 0 Å². The summed E-state index contributed by atoms with van der Waals surface area (Å²) in [5.74, 6) is 0.789. The summed E-state index contributed by atoms with van der Waals surface area (Å²) in [5, 5.41) is 2.18. The maximum absolute atomic E-state index is 4.76. The van der Waals surface area contributed by atoms with Crippen LogP contribution < -0.4 is 10.6 Å². The second kappa shape index (κ2) is 8.97. The Balaban J connectivity index is 1.87. The third-order valence-electron chi connectivity index (χ3n) is 5.41. The highest BCUT2D eigenvalue weighted by Crippen LogP contribution is 2.40. The van der Waals surface area contributed by atoms with Crippen molar-refractivity contribution in [1.82, 2.24) is 4.98 Å². The van der Waals surface area contributed by atoms with E-state index < -0.39 is 0 Å². The Labute approximate surface area is 169 Å². The van der Waals surface area contributed by atoms with E-state index in [-0.39, 0.29) is 0 Å². The molecule has 1 saturated carbocycles. The summed E-state index contributed by atoms with van der Waals surface area (Å²) in [4.78, 5) is 4.76. The van der Waals surface area contributed by atoms with Gasteiger partial charge in [-0.05, 0) is 61.1 Å². The van der Waals surface area contributed by atoms with Gasteiger partial charge < -0.3 is 0 Å². The number of hydrogen-bond acceptors (Lipinski definition) is 1. The van der Waals surface area contributed by atoms with Gasteiger partial charge >= 0.3 is 0 Å². The van der Waals surface area contributed by atoms with E-state index in [0.717, 1.165) is 34.3 Å². The Morgan fingerprint density at radius 3 is 2.71 bits per heavy atom. The van der Waals surface area contributed by atoms with Crippen molar-refractivity contribution >= 4 is 23.4 Å². The smallest absolute Gasteiger partial charge is 0.172 e. The van der Waals surface area contributed by atoms with E-state index in [1.54, 1.807) is 0 Å². The molecule has 2 aromatic rings. The van der Waals surface area contributed by atoms with Gasteiger partial charge in [0, 0.05) is 24.3 Å². The van der Waals surface area contributed by atoms with Crippen molar-refractivity contribution < 1.29 is 4.58 Å². The second-order valence-corrected chi connectivity index (χ2v) is 7.68. The molecule has 0 atom stereocenters. The molecular formula is C26H31N2+. The van der Waals surface area contributed by atoms with Gasteiger partial charge in [0.25, 0.3) is 0 Å². The Kier molecular flexibility index (Phi) is 6.41. The van der Waals surface area contributed by atoms with Crippen molar-refractivity contribution in [1.29, 1.82) is 0 Å². The standard InChI is InChI=1S/C26H31N2/c1-6-22-14-11-19(3)27-26(22)23(7-2)18-28(5)20(4)12-13-21-9-8-10-25(17-21)24-15-16-24/h6-14,17,24H,2,15-16,18H2,1,3-5H3/q+1/b13-12-,22-6-,26-23-,28-20?. The molecule has 0 saturated heterocycles. The lowest BCUT2D eigenvalue weighted by Gasteiger charge is -2.03. The third-order valence-corrected chi connectivity index (χ3v) is 5.41. The molecule has 144 valence electrons. The predicted octanol–water partition coefficient (Wildman–Crippen LogP) is 4.22. The minimum atomic E-state index is 0.777. The maximum Gasteiger partial charge on any atom is 0.172 e. The van der Waals surface area contributed by atoms with Crippen LogP contribution in [0.5, 0.6) is 0 Å². The van der Waals surface area contributed by atoms with E-state index in [2.05, 4.69) is 86.7 Å². The lowest BCUT2D eigenvalue weighted by atomic mass is 10.1. The number of aryl methyl sites for hydroxylation is 1. The van der Waals surface area contributed by atoms with Crippen molar-refractivity contribution in [2.24, 2.45) is 0 Å². The van der Waals surface area contributed by atoms with Gasteiger partial charge in [0.15, 0.2) is 12.3 Å². The van der Waals surface area contributed by atoms with E-state index in [0.29, 0.717) is 0 Å². The highest BCUT2D eigenvalue weighted by Gasteiger charge is 2.23. The van der Waals surface area contributed by atoms with Crippen LogP contribution in [0.4, 0.5) is 0 Å². The molecule has 1 aliphatic carbocycles. The molecule has 1 aromatic carbocycles. The Hall–Kier alpha value is -2.74. The van der Waals surface area contributed by atoms with Gasteiger partial charge in [0.05, 0.1) is 5.35 Å². The number of benzene rings is 1. The van der Waals surface area contributed by atoms with Gasteiger partial charge in [-0.3, -0.25) is 4.98 Å². The van der Waals surface area contributed by atoms with Crippen LogP contribution in [0.25, 0.3) is 17.7 Å². The molecule has 28 heavy (non-hydrogen) atoms. The SMILES string of the molecule is C=C/C(C[N+](C)=C(C)/C=C\c1cccc(C2CC2)c1)=c1/nc(C)cc/c1=C/C. The van der Waals surface area contributed by atoms with Gasteiger partial charge in [-0.1, -0.05) is 49.1 Å². The molecule has 0 unspecified atom stereocenters. The zero-order valence-electron chi connectivity index (χ0n) is 17.6. The number of hydrogen-bond donors (Lipinski definition) is 0. The number of aromatic nitrogens is 1. The summed E-state index contributed by atoms with van der Waals surface area (Å²) in [5.41, 5.74) is 6.13. The van der Waals surface area contributed by atoms with Crippen LogP contribution in [-0.2, 0) is 0 Å². The van der Waals surface area contributed by atoms with E-state index >= 15 is 0 Å². The fraction of sp³-hybridized carbons (Fsp3) is 0.308. The maximum atomic E-state index is 4.76. The van der Waals surface area contributed by atoms with E-state index in [1.165, 1.54) is 29.7 Å². The fourth-order valence-electron chi connectivity index (χ4n) is 3.35. The van der Waals surface area contributed by atoms with Gasteiger partial charge in [0.1, 0.15) is 7.05 Å². The molecular weight excluding hydrogens is 340 g/mol. The lowest BCUT2D eigenvalue weighted by molar-refractivity contribution is -0.483. The average Bonchev–Trinajstić information content (AvgIpc) is 3.55. The van der Waals surface area contributed by atoms with Crippen molar-refractivity contribution in [2.75, 3.05) is 13.6 Å². The quantitative estimate of drug-likeness (QED) is 0.548. The first-order valence-electron chi connectivity index (χ1n) is 10.1. The minimum Gasteiger partial charge on any atom is -0.253 e. The lowest BCUT2D eigenvalue weighted by Crippen LogP contribution is -2.33. The molecule has 2 heteroatoms. The topological polar surface area (TPSA) is 15.9 Å². The molecule has 0 N–H and O–H groups in total. The molecule has 1 aliphatic rings. The van der Waals surface area contributed by atoms with Crippen LogP contribution in [0.1, 0.15) is 49.4 Å². The normalized spacial score (nSPS) is 16.9. The van der Waals surface area contributed by atoms with Crippen LogP contribution in [0.3, 0.4) is 0 Å². The minimum absolute atomic E-state index is 0.777. The van der Waals surface area contributed by atoms with Crippen LogP contribution >= 0.6 is 0 Å². The van der Waals surface area contributed by atoms with Crippen LogP contribution in [0.15, 0.2) is 55.1 Å². The van der Waals surface area contributed by atoms with E-state index in [4.69, 9.17) is 4.98 Å². The summed E-state index contributed by atoms with van der Waals surface area (Å²) < 4.78 is 2.25. The number of nitrogens with zero attached hydrogens (tertiary/aromatic N) is 2. The zero-order valence-corrected chi connectivity index (χ0v) is 17.6. The highest BCUT2D eigenvalue weighted by atomic mass is 15.0. The first kappa shape index (κ1) is 20.0. The van der Waals surface area contributed by atoms with Crippen molar-refractivity contribution in [3.63, 3.8) is 0 Å². The summed E-state index contributed by atoms with van der Waals surface area (Å²) in [6.45, 7) is 11.0. The molecule has 1 fully saturated rings. The largest absolute Gasteiger partial charge is 0.253 e. The molecule has 1 aromatic heterocycles. The summed E-state index contributed by atoms with van der Waals surface area (Å²) in [7, 11) is 2.12. The molecule has 0 bridgehead atoms. The van der Waals surface area contributed by atoms with Gasteiger partial charge in [0.2, 0.25) is 0 Å². The zero-order chi connectivity index (χ0) is 20.1. The van der Waals surface area contributed by atoms with E-state index in [1.807, 2.05) is 13.0 Å². The Bertz CT molecular complexity index is 1050. The average molecular weight is 372 g/mol. The van der Waals surface area contributed by atoms with Gasteiger partial charge in [-0.25, -0.2) is 4.58 Å². The van der Waals surface area contributed by atoms with Crippen LogP contribution in [-0.4, -0.2) is 28.9 Å². The molecule has 2 nitrogen and oxygen atoms in total. The van der Waals surface area contributed by atoms with Gasteiger partial charge in [-0.15, -0.1) is 0 Å². The molecule has 1 heterocycles. The van der Waals surface area contributed by atoms with Gasteiger partial charge in [-0.2, -0.15) is 0 Å². The molecule has 0 amide bonds. The Morgan fingerprint density at radius 1 is 1.25 bits per heavy atom. The first-order valence-corrected chi connectivity index (χ1v) is 10.1. The summed E-state index contributed by atoms with van der Waals surface area (Å²) in [6, 6.07) is 13.1. The highest BCUT2D eigenvalue weighted by molar-refractivity contribution is 5.92. The monoisotopic (exact) mass is 371 g/mol. The second-order valence-electron chi connectivity index (χ2n) is 7.68. The Morgan fingerprint density at radius 2 is 2.04 bits per heavy atom. The van der Waals surface area contributed by atoms with Crippen LogP contribution in [0.2, 0.25) is 0 Å². The molecule has 0 radical (unpaired) electrons. The van der Waals surface area contributed by atoms with Crippen molar-refractivity contribution in [2.45, 2.75) is 39.5 Å². The third kappa shape index (κ3) is 4.95. The predicted molar refractivity (Wildman–Crippen MR) is 121 cm³/mol. The number of pyridine rings is 1. The molecule has 0 spiro atoms. The summed E-state index contributed by atoms with van der Waals surface area (Å²) >= 11 is 0. The first-order chi connectivity index (χ1) is 13.5. The summed E-state index contributed by atoms with van der Waals surface area (Å²) in [6.07, 6.45) is 11.1. The fourth-order valence-corrected chi connectivity index (χ4v) is 3.35. The van der Waals surface area contributed by atoms with Crippen molar-refractivity contribution in [3.05, 3.63) is 82.5 Å². The van der Waals surface area contributed by atoms with Crippen LogP contribution in [0, 0.1) is 6.92 Å².